The van der Waals surface area contributed by atoms with Gasteiger partial charge in [0.15, 0.2) is 0 Å². The summed E-state index contributed by atoms with van der Waals surface area (Å²) >= 11 is 0. The summed E-state index contributed by atoms with van der Waals surface area (Å²) in [5, 5.41) is 3.08. The molecule has 1 aromatic carbocycles. The number of nitrogens with zero attached hydrogens (tertiary/aromatic N) is 1. The number of carbonyl (C=O) groups is 2. The predicted molar refractivity (Wildman–Crippen MR) is 133 cm³/mol. The summed E-state index contributed by atoms with van der Waals surface area (Å²) in [5.74, 6) is 1.80. The van der Waals surface area contributed by atoms with Gasteiger partial charge in [-0.2, -0.15) is 0 Å². The van der Waals surface area contributed by atoms with E-state index < -0.39 is 5.41 Å². The van der Waals surface area contributed by atoms with Crippen molar-refractivity contribution in [1.82, 2.24) is 10.3 Å². The Kier molecular flexibility index (Phi) is 6.28. The van der Waals surface area contributed by atoms with E-state index >= 15 is 0 Å². The second-order valence-corrected chi connectivity index (χ2v) is 11.8. The molecule has 2 aromatic rings. The topological polar surface area (TPSA) is 85.1 Å². The Hall–Kier alpha value is -2.60. The highest BCUT2D eigenvalue weighted by molar-refractivity contribution is 5.88. The maximum atomic E-state index is 13.5. The van der Waals surface area contributed by atoms with Gasteiger partial charge < -0.3 is 11.1 Å². The van der Waals surface area contributed by atoms with Crippen LogP contribution in [-0.4, -0.2) is 29.3 Å². The van der Waals surface area contributed by atoms with Crippen LogP contribution in [0.4, 0.5) is 4.39 Å². The van der Waals surface area contributed by atoms with E-state index in [9.17, 15) is 14.0 Å². The highest BCUT2D eigenvalue weighted by Gasteiger charge is 2.58. The number of carbonyl (C=O) groups excluding carboxylic acids is 2. The van der Waals surface area contributed by atoms with Gasteiger partial charge in [-0.15, -0.1) is 0 Å². The van der Waals surface area contributed by atoms with Crippen LogP contribution in [0.1, 0.15) is 57.1 Å². The lowest BCUT2D eigenvalue weighted by molar-refractivity contribution is -0.151. The van der Waals surface area contributed by atoms with Crippen molar-refractivity contribution >= 4 is 11.7 Å². The average molecular weight is 478 g/mol. The Labute approximate surface area is 207 Å². The van der Waals surface area contributed by atoms with E-state index in [2.05, 4.69) is 10.3 Å². The third-order valence-corrected chi connectivity index (χ3v) is 9.18. The number of Topliss-reactive ketones (excluding diaryl/α,β-unsaturated/α-hetero) is 1. The van der Waals surface area contributed by atoms with Gasteiger partial charge in [0, 0.05) is 36.8 Å². The van der Waals surface area contributed by atoms with E-state index in [0.29, 0.717) is 42.4 Å². The first-order valence-electron chi connectivity index (χ1n) is 12.9. The fourth-order valence-corrected chi connectivity index (χ4v) is 7.54. The molecular formula is C29H36FN3O2. The summed E-state index contributed by atoms with van der Waals surface area (Å²) in [6.07, 6.45) is 9.16. The number of aromatic nitrogens is 1. The summed E-state index contributed by atoms with van der Waals surface area (Å²) in [7, 11) is 0. The first-order valence-corrected chi connectivity index (χ1v) is 12.9. The first-order chi connectivity index (χ1) is 16.7. The van der Waals surface area contributed by atoms with Crippen molar-refractivity contribution in [2.75, 3.05) is 6.54 Å². The number of amides is 1. The van der Waals surface area contributed by atoms with E-state index in [1.807, 2.05) is 26.0 Å². The second-order valence-electron chi connectivity index (χ2n) is 11.8. The first kappa shape index (κ1) is 24.1. The Bertz CT molecular complexity index is 1070. The normalized spacial score (nSPS) is 30.2. The lowest BCUT2D eigenvalue weighted by atomic mass is 9.44. The number of pyridine rings is 1. The molecule has 1 heterocycles. The van der Waals surface area contributed by atoms with Crippen molar-refractivity contribution in [3.8, 4) is 0 Å². The van der Waals surface area contributed by atoms with Crippen molar-refractivity contribution < 1.29 is 14.0 Å². The van der Waals surface area contributed by atoms with Crippen molar-refractivity contribution in [2.24, 2.45) is 34.8 Å². The van der Waals surface area contributed by atoms with Crippen LogP contribution in [0.2, 0.25) is 0 Å². The van der Waals surface area contributed by atoms with Crippen LogP contribution in [0, 0.1) is 34.9 Å². The van der Waals surface area contributed by atoms with Crippen LogP contribution < -0.4 is 11.1 Å². The van der Waals surface area contributed by atoms with Gasteiger partial charge in [0.05, 0.1) is 5.41 Å². The minimum absolute atomic E-state index is 0.104. The molecule has 6 heteroatoms. The molecule has 0 saturated heterocycles. The zero-order chi connectivity index (χ0) is 24.8. The van der Waals surface area contributed by atoms with Crippen molar-refractivity contribution in [1.29, 1.82) is 0 Å². The Morgan fingerprint density at radius 3 is 2.34 bits per heavy atom. The van der Waals surface area contributed by atoms with Gasteiger partial charge in [0.1, 0.15) is 11.6 Å². The third kappa shape index (κ3) is 4.53. The van der Waals surface area contributed by atoms with Crippen molar-refractivity contribution in [3.63, 3.8) is 0 Å². The Morgan fingerprint density at radius 2 is 1.71 bits per heavy atom. The SMILES string of the molecule is CC(C)(C(=O)NCC(N)C1C2CC3CC1CC(C(=O)Cc1ccncc1)(C3)C2)c1ccc(F)cc1. The lowest BCUT2D eigenvalue weighted by Crippen LogP contribution is -2.60. The summed E-state index contributed by atoms with van der Waals surface area (Å²) in [5.41, 5.74) is 7.57. The van der Waals surface area contributed by atoms with Crippen LogP contribution in [0.15, 0.2) is 48.8 Å². The fraction of sp³-hybridized carbons (Fsp3) is 0.552. The van der Waals surface area contributed by atoms with Gasteiger partial charge in [0.25, 0.3) is 0 Å². The molecule has 1 aromatic heterocycles. The molecule has 186 valence electrons. The summed E-state index contributed by atoms with van der Waals surface area (Å²) in [6.45, 7) is 4.12. The van der Waals surface area contributed by atoms with Gasteiger partial charge >= 0.3 is 0 Å². The van der Waals surface area contributed by atoms with Crippen LogP contribution in [0.25, 0.3) is 0 Å². The lowest BCUT2D eigenvalue weighted by Gasteiger charge is -2.60. The molecular weight excluding hydrogens is 441 g/mol. The number of benzene rings is 1. The molecule has 0 radical (unpaired) electrons. The smallest absolute Gasteiger partial charge is 0.230 e. The van der Waals surface area contributed by atoms with Gasteiger partial charge in [-0.1, -0.05) is 12.1 Å². The predicted octanol–water partition coefficient (Wildman–Crippen LogP) is 4.20. The Morgan fingerprint density at radius 1 is 1.09 bits per heavy atom. The highest BCUT2D eigenvalue weighted by Crippen LogP contribution is 2.63. The van der Waals surface area contributed by atoms with E-state index in [0.717, 1.165) is 43.2 Å². The Balaban J connectivity index is 1.23. The van der Waals surface area contributed by atoms with Crippen LogP contribution in [-0.2, 0) is 21.4 Å². The number of hydrogen-bond acceptors (Lipinski definition) is 4. The molecule has 4 saturated carbocycles. The molecule has 1 amide bonds. The van der Waals surface area contributed by atoms with Crippen molar-refractivity contribution in [3.05, 3.63) is 65.7 Å². The second kappa shape index (κ2) is 9.12. The highest BCUT2D eigenvalue weighted by atomic mass is 19.1. The number of hydrogen-bond donors (Lipinski definition) is 2. The molecule has 0 spiro atoms. The molecule has 4 bridgehead atoms. The minimum Gasteiger partial charge on any atom is -0.354 e. The summed E-state index contributed by atoms with van der Waals surface area (Å²) in [6, 6.07) is 9.84. The number of nitrogens with two attached hydrogens (primary N) is 1. The standard InChI is InChI=1S/C29H36FN3O2/c1-28(2,22-3-5-23(30)6-4-22)27(35)33-17-24(31)26-20-11-19-12-21(26)16-29(14-19,15-20)25(34)13-18-7-9-32-10-8-18/h3-10,19-21,24,26H,11-17,31H2,1-2H3,(H,33,35). The summed E-state index contributed by atoms with van der Waals surface area (Å²) in [4.78, 5) is 30.6. The van der Waals surface area contributed by atoms with E-state index in [-0.39, 0.29) is 23.2 Å². The van der Waals surface area contributed by atoms with Gasteiger partial charge in [-0.3, -0.25) is 14.6 Å². The van der Waals surface area contributed by atoms with Crippen molar-refractivity contribution in [2.45, 2.75) is 63.8 Å². The monoisotopic (exact) mass is 477 g/mol. The van der Waals surface area contributed by atoms with Gasteiger partial charge in [-0.05, 0) is 105 Å². The molecule has 6 rings (SSSR count). The number of halogens is 1. The van der Waals surface area contributed by atoms with Crippen LogP contribution in [0.3, 0.4) is 0 Å². The molecule has 3 atom stereocenters. The minimum atomic E-state index is -0.777. The molecule has 35 heavy (non-hydrogen) atoms. The average Bonchev–Trinajstić information content (AvgIpc) is 2.82. The van der Waals surface area contributed by atoms with E-state index in [1.54, 1.807) is 24.5 Å². The number of nitrogens with one attached hydrogen (secondary N) is 1. The fourth-order valence-electron chi connectivity index (χ4n) is 7.54. The summed E-state index contributed by atoms with van der Waals surface area (Å²) < 4.78 is 13.3. The zero-order valence-electron chi connectivity index (χ0n) is 20.7. The number of ketones is 1. The maximum Gasteiger partial charge on any atom is 0.230 e. The van der Waals surface area contributed by atoms with Gasteiger partial charge in [-0.25, -0.2) is 4.39 Å². The third-order valence-electron chi connectivity index (χ3n) is 9.18. The van der Waals surface area contributed by atoms with E-state index in [1.165, 1.54) is 12.1 Å². The van der Waals surface area contributed by atoms with Crippen LogP contribution in [0.5, 0.6) is 0 Å². The molecule has 4 fully saturated rings. The maximum absolute atomic E-state index is 13.5. The molecule has 3 unspecified atom stereocenters. The number of rotatable bonds is 8. The zero-order valence-corrected chi connectivity index (χ0v) is 20.7. The largest absolute Gasteiger partial charge is 0.354 e. The quantitative estimate of drug-likeness (QED) is 0.597. The molecule has 0 aliphatic heterocycles. The molecule has 4 aliphatic rings. The van der Waals surface area contributed by atoms with Crippen LogP contribution >= 0.6 is 0 Å². The molecule has 3 N–H and O–H groups in total. The van der Waals surface area contributed by atoms with E-state index in [4.69, 9.17) is 5.73 Å². The molecule has 5 nitrogen and oxygen atoms in total. The molecule has 4 aliphatic carbocycles. The van der Waals surface area contributed by atoms with Gasteiger partial charge in [0.2, 0.25) is 5.91 Å².